The van der Waals surface area contributed by atoms with Crippen LogP contribution in [0.15, 0.2) is 17.1 Å². The maximum absolute atomic E-state index is 4.68. The van der Waals surface area contributed by atoms with Crippen LogP contribution in [0.3, 0.4) is 0 Å². The van der Waals surface area contributed by atoms with Crippen LogP contribution in [0.5, 0.6) is 0 Å². The SMILES string of the molecule is C1=CC2=NC(C1)C1CNNC1C2. The van der Waals surface area contributed by atoms with Gasteiger partial charge < -0.3 is 0 Å². The minimum atomic E-state index is 0.547. The maximum atomic E-state index is 4.68. The minimum Gasteiger partial charge on any atom is -0.286 e. The lowest BCUT2D eigenvalue weighted by Gasteiger charge is -2.31. The predicted molar refractivity (Wildman–Crippen MR) is 48.0 cm³/mol. The number of nitrogens with one attached hydrogen (secondary N) is 2. The molecule has 3 aliphatic heterocycles. The molecule has 0 amide bonds. The van der Waals surface area contributed by atoms with Gasteiger partial charge in [-0.1, -0.05) is 6.08 Å². The van der Waals surface area contributed by atoms with E-state index in [0.717, 1.165) is 25.3 Å². The molecule has 64 valence electrons. The molecule has 0 spiro atoms. The van der Waals surface area contributed by atoms with Gasteiger partial charge in [-0.2, -0.15) is 0 Å². The number of hydrogen-bond donors (Lipinski definition) is 2. The van der Waals surface area contributed by atoms with Crippen LogP contribution in [0.4, 0.5) is 0 Å². The molecule has 2 N–H and O–H groups in total. The van der Waals surface area contributed by atoms with Crippen molar-refractivity contribution in [3.05, 3.63) is 12.2 Å². The van der Waals surface area contributed by atoms with E-state index in [4.69, 9.17) is 0 Å². The lowest BCUT2D eigenvalue weighted by molar-refractivity contribution is 0.374. The Morgan fingerprint density at radius 3 is 3.50 bits per heavy atom. The highest BCUT2D eigenvalue weighted by atomic mass is 15.4. The van der Waals surface area contributed by atoms with Gasteiger partial charge in [0.15, 0.2) is 0 Å². The summed E-state index contributed by atoms with van der Waals surface area (Å²) in [7, 11) is 0. The molecule has 3 aliphatic rings. The fourth-order valence-corrected chi connectivity index (χ4v) is 2.43. The fourth-order valence-electron chi connectivity index (χ4n) is 2.43. The first kappa shape index (κ1) is 6.80. The Kier molecular flexibility index (Phi) is 1.36. The van der Waals surface area contributed by atoms with Crippen molar-refractivity contribution in [1.82, 2.24) is 10.9 Å². The number of rotatable bonds is 0. The molecule has 3 nitrogen and oxygen atoms in total. The second-order valence-electron chi connectivity index (χ2n) is 3.83. The molecule has 3 atom stereocenters. The zero-order chi connectivity index (χ0) is 7.97. The molecule has 0 aromatic rings. The quantitative estimate of drug-likeness (QED) is 0.537. The first-order chi connectivity index (χ1) is 5.93. The van der Waals surface area contributed by atoms with E-state index in [1.807, 2.05) is 0 Å². The molecule has 3 heterocycles. The van der Waals surface area contributed by atoms with Crippen LogP contribution < -0.4 is 10.9 Å². The number of aliphatic imine (C=N–C) groups is 1. The van der Waals surface area contributed by atoms with Gasteiger partial charge >= 0.3 is 0 Å². The molecular weight excluding hydrogens is 150 g/mol. The molecule has 3 rings (SSSR count). The van der Waals surface area contributed by atoms with Crippen LogP contribution in [0.2, 0.25) is 0 Å². The van der Waals surface area contributed by atoms with Gasteiger partial charge in [-0.3, -0.25) is 15.8 Å². The summed E-state index contributed by atoms with van der Waals surface area (Å²) >= 11 is 0. The van der Waals surface area contributed by atoms with Crippen LogP contribution in [0, 0.1) is 5.92 Å². The highest BCUT2D eigenvalue weighted by molar-refractivity contribution is 5.96. The summed E-state index contributed by atoms with van der Waals surface area (Å²) in [6, 6.07) is 1.18. The Labute approximate surface area is 71.9 Å². The molecule has 2 bridgehead atoms. The van der Waals surface area contributed by atoms with Crippen molar-refractivity contribution in [1.29, 1.82) is 0 Å². The van der Waals surface area contributed by atoms with E-state index >= 15 is 0 Å². The van der Waals surface area contributed by atoms with Gasteiger partial charge in [-0.15, -0.1) is 0 Å². The topological polar surface area (TPSA) is 36.4 Å². The van der Waals surface area contributed by atoms with Gasteiger partial charge in [0, 0.05) is 30.6 Å². The molecule has 0 aromatic heterocycles. The molecule has 1 fully saturated rings. The van der Waals surface area contributed by atoms with Crippen LogP contribution in [0.1, 0.15) is 12.8 Å². The van der Waals surface area contributed by atoms with Crippen LogP contribution in [-0.2, 0) is 0 Å². The average molecular weight is 163 g/mol. The fraction of sp³-hybridized carbons (Fsp3) is 0.667. The molecule has 3 heteroatoms. The summed E-state index contributed by atoms with van der Waals surface area (Å²) in [5, 5.41) is 0. The van der Waals surface area contributed by atoms with Crippen molar-refractivity contribution in [2.24, 2.45) is 10.9 Å². The smallest absolute Gasteiger partial charge is 0.0593 e. The van der Waals surface area contributed by atoms with Crippen molar-refractivity contribution in [2.75, 3.05) is 6.54 Å². The summed E-state index contributed by atoms with van der Waals surface area (Å²) in [5.41, 5.74) is 7.83. The summed E-state index contributed by atoms with van der Waals surface area (Å²) < 4.78 is 0. The molecule has 0 saturated carbocycles. The van der Waals surface area contributed by atoms with E-state index in [0.29, 0.717) is 12.1 Å². The molecule has 0 aliphatic carbocycles. The third kappa shape index (κ3) is 0.867. The molecule has 3 unspecified atom stereocenters. The number of hydrazine groups is 1. The monoisotopic (exact) mass is 163 g/mol. The average Bonchev–Trinajstić information content (AvgIpc) is 2.53. The molecule has 1 saturated heterocycles. The number of allylic oxidation sites excluding steroid dienone is 1. The van der Waals surface area contributed by atoms with Gasteiger partial charge in [0.2, 0.25) is 0 Å². The van der Waals surface area contributed by atoms with Crippen molar-refractivity contribution in [3.8, 4) is 0 Å². The predicted octanol–water partition coefficient (Wildman–Crippen LogP) is 0.252. The summed E-state index contributed by atoms with van der Waals surface area (Å²) in [4.78, 5) is 4.68. The number of dihydropyridines is 1. The Balaban J connectivity index is 1.94. The second-order valence-corrected chi connectivity index (χ2v) is 3.83. The van der Waals surface area contributed by atoms with Gasteiger partial charge in [-0.05, 0) is 12.5 Å². The van der Waals surface area contributed by atoms with Crippen molar-refractivity contribution in [2.45, 2.75) is 24.9 Å². The van der Waals surface area contributed by atoms with Crippen molar-refractivity contribution in [3.63, 3.8) is 0 Å². The lowest BCUT2D eigenvalue weighted by Crippen LogP contribution is -2.41. The highest BCUT2D eigenvalue weighted by Gasteiger charge is 2.37. The Hall–Kier alpha value is -0.670. The van der Waals surface area contributed by atoms with E-state index in [9.17, 15) is 0 Å². The van der Waals surface area contributed by atoms with Gasteiger partial charge in [0.05, 0.1) is 6.04 Å². The van der Waals surface area contributed by atoms with Crippen LogP contribution in [0.25, 0.3) is 0 Å². The molecule has 12 heavy (non-hydrogen) atoms. The number of nitrogens with zero attached hydrogens (tertiary/aromatic N) is 1. The van der Waals surface area contributed by atoms with E-state index in [2.05, 4.69) is 28.0 Å². The normalized spacial score (nSPS) is 44.0. The standard InChI is InChI=1S/C9H13N3/c1-2-6-4-9-7(5-10-12-9)8(3-1)11-6/h1-2,7-10,12H,3-5H2. The molecule has 0 radical (unpaired) electrons. The summed E-state index contributed by atoms with van der Waals surface area (Å²) in [5.74, 6) is 0.721. The van der Waals surface area contributed by atoms with Crippen molar-refractivity contribution < 1.29 is 0 Å². The van der Waals surface area contributed by atoms with Gasteiger partial charge in [-0.25, -0.2) is 0 Å². The minimum absolute atomic E-state index is 0.547. The third-order valence-electron chi connectivity index (χ3n) is 3.08. The largest absolute Gasteiger partial charge is 0.286 e. The van der Waals surface area contributed by atoms with E-state index < -0.39 is 0 Å². The first-order valence-electron chi connectivity index (χ1n) is 4.65. The lowest BCUT2D eigenvalue weighted by atomic mass is 9.83. The highest BCUT2D eigenvalue weighted by Crippen LogP contribution is 2.28. The van der Waals surface area contributed by atoms with Gasteiger partial charge in [0.1, 0.15) is 0 Å². The Morgan fingerprint density at radius 1 is 1.50 bits per heavy atom. The molecule has 0 aromatic carbocycles. The van der Waals surface area contributed by atoms with Crippen LogP contribution in [-0.4, -0.2) is 24.3 Å². The number of fused-ring (bicyclic) bond motifs is 3. The first-order valence-corrected chi connectivity index (χ1v) is 4.65. The zero-order valence-electron chi connectivity index (χ0n) is 6.96. The summed E-state index contributed by atoms with van der Waals surface area (Å²) in [6.45, 7) is 1.08. The Morgan fingerprint density at radius 2 is 2.50 bits per heavy atom. The Bertz CT molecular complexity index is 256. The van der Waals surface area contributed by atoms with Crippen molar-refractivity contribution >= 4 is 5.71 Å². The molecular formula is C9H13N3. The number of hydrogen-bond acceptors (Lipinski definition) is 3. The van der Waals surface area contributed by atoms with Crippen LogP contribution >= 0.6 is 0 Å². The third-order valence-corrected chi connectivity index (χ3v) is 3.08. The van der Waals surface area contributed by atoms with Gasteiger partial charge in [0.25, 0.3) is 0 Å². The zero-order valence-corrected chi connectivity index (χ0v) is 6.96. The summed E-state index contributed by atoms with van der Waals surface area (Å²) in [6.07, 6.45) is 6.67. The second kappa shape index (κ2) is 2.41. The van der Waals surface area contributed by atoms with E-state index in [1.165, 1.54) is 5.71 Å². The van der Waals surface area contributed by atoms with E-state index in [-0.39, 0.29) is 0 Å². The van der Waals surface area contributed by atoms with E-state index in [1.54, 1.807) is 0 Å². The maximum Gasteiger partial charge on any atom is 0.0593 e.